The highest BCUT2D eigenvalue weighted by Crippen LogP contribution is 2.36. The lowest BCUT2D eigenvalue weighted by atomic mass is 9.82. The Morgan fingerprint density at radius 3 is 2.60 bits per heavy atom. The van der Waals surface area contributed by atoms with Gasteiger partial charge in [-0.05, 0) is 38.0 Å². The first kappa shape index (κ1) is 17.3. The molecule has 6 heteroatoms. The number of hydrogen-bond acceptors (Lipinski definition) is 5. The zero-order chi connectivity index (χ0) is 17.4. The summed E-state index contributed by atoms with van der Waals surface area (Å²) in [6.45, 7) is 6.45. The van der Waals surface area contributed by atoms with Gasteiger partial charge in [0.15, 0.2) is 0 Å². The molecule has 138 valence electrons. The molecular formula is C19H30N4O2. The van der Waals surface area contributed by atoms with Crippen LogP contribution in [0.3, 0.4) is 0 Å². The summed E-state index contributed by atoms with van der Waals surface area (Å²) in [5.74, 6) is 0.970. The van der Waals surface area contributed by atoms with Crippen LogP contribution in [0.4, 0.5) is 0 Å². The lowest BCUT2D eigenvalue weighted by molar-refractivity contribution is -0.157. The molecule has 0 spiro atoms. The molecule has 25 heavy (non-hydrogen) atoms. The minimum atomic E-state index is -0.240. The summed E-state index contributed by atoms with van der Waals surface area (Å²) in [4.78, 5) is 16.9. The molecule has 6 nitrogen and oxygen atoms in total. The molecule has 0 aromatic carbocycles. The van der Waals surface area contributed by atoms with Gasteiger partial charge in [-0.3, -0.25) is 9.69 Å². The van der Waals surface area contributed by atoms with Crippen molar-refractivity contribution in [1.82, 2.24) is 15.1 Å². The monoisotopic (exact) mass is 346 g/mol. The average molecular weight is 346 g/mol. The maximum atomic E-state index is 12.5. The molecular weight excluding hydrogens is 316 g/mol. The van der Waals surface area contributed by atoms with E-state index in [1.807, 2.05) is 4.90 Å². The second-order valence-corrected chi connectivity index (χ2v) is 8.50. The largest absolute Gasteiger partial charge is 0.368 e. The zero-order valence-corrected chi connectivity index (χ0v) is 15.2. The van der Waals surface area contributed by atoms with Crippen LogP contribution in [-0.2, 0) is 9.53 Å². The van der Waals surface area contributed by atoms with Crippen molar-refractivity contribution in [2.24, 2.45) is 5.92 Å². The minimum Gasteiger partial charge on any atom is -0.368 e. The molecule has 0 bridgehead atoms. The van der Waals surface area contributed by atoms with Crippen molar-refractivity contribution in [3.63, 3.8) is 0 Å². The quantitative estimate of drug-likeness (QED) is 0.808. The first-order valence-electron chi connectivity index (χ1n) is 9.90. The van der Waals surface area contributed by atoms with E-state index in [1.165, 1.54) is 6.42 Å². The highest BCUT2D eigenvalue weighted by molar-refractivity contribution is 5.82. The van der Waals surface area contributed by atoms with Gasteiger partial charge in [0.1, 0.15) is 6.10 Å². The molecule has 3 atom stereocenters. The van der Waals surface area contributed by atoms with E-state index in [1.54, 1.807) is 0 Å². The lowest BCUT2D eigenvalue weighted by Gasteiger charge is -2.56. The Hall–Kier alpha value is -1.16. The van der Waals surface area contributed by atoms with E-state index in [9.17, 15) is 10.1 Å². The maximum absolute atomic E-state index is 12.5. The molecule has 0 unspecified atom stereocenters. The molecule has 1 saturated carbocycles. The molecule has 4 aliphatic rings. The van der Waals surface area contributed by atoms with E-state index in [4.69, 9.17) is 4.74 Å². The van der Waals surface area contributed by atoms with Gasteiger partial charge in [-0.15, -0.1) is 0 Å². The number of nitrogens with zero attached hydrogens (tertiary/aromatic N) is 3. The Balaban J connectivity index is 1.30. The number of ether oxygens (including phenoxy) is 1. The normalized spacial score (nSPS) is 35.2. The molecule has 1 amide bonds. The summed E-state index contributed by atoms with van der Waals surface area (Å²) in [5, 5.41) is 13.1. The zero-order valence-electron chi connectivity index (χ0n) is 15.2. The number of amides is 1. The number of nitrogens with one attached hydrogen (secondary N) is 1. The molecule has 3 aliphatic heterocycles. The third-order valence-electron chi connectivity index (χ3n) is 6.62. The predicted octanol–water partition coefficient (Wildman–Crippen LogP) is 1.12. The fourth-order valence-electron chi connectivity index (χ4n) is 4.74. The smallest absolute Gasteiger partial charge is 0.251 e. The number of carbonyl (C=O) groups excluding carboxylic acids is 1. The number of piperidine rings is 1. The molecule has 4 fully saturated rings. The summed E-state index contributed by atoms with van der Waals surface area (Å²) < 4.78 is 5.53. The molecule has 1 N–H and O–H groups in total. The Labute approximate surface area is 150 Å². The van der Waals surface area contributed by atoms with Gasteiger partial charge in [-0.1, -0.05) is 6.92 Å². The molecule has 0 radical (unpaired) electrons. The molecule has 3 heterocycles. The van der Waals surface area contributed by atoms with Gasteiger partial charge in [-0.2, -0.15) is 5.26 Å². The van der Waals surface area contributed by atoms with E-state index < -0.39 is 0 Å². The van der Waals surface area contributed by atoms with Gasteiger partial charge < -0.3 is 15.0 Å². The van der Waals surface area contributed by atoms with Gasteiger partial charge in [0.05, 0.1) is 18.0 Å². The summed E-state index contributed by atoms with van der Waals surface area (Å²) in [6.07, 6.45) is 5.71. The average Bonchev–Trinajstić information content (AvgIpc) is 3.05. The Bertz CT molecular complexity index is 540. The van der Waals surface area contributed by atoms with Gasteiger partial charge in [-0.25, -0.2) is 0 Å². The number of carbonyl (C=O) groups is 1. The van der Waals surface area contributed by atoms with E-state index in [2.05, 4.69) is 23.2 Å². The van der Waals surface area contributed by atoms with E-state index >= 15 is 0 Å². The second-order valence-electron chi connectivity index (χ2n) is 8.50. The van der Waals surface area contributed by atoms with Crippen molar-refractivity contribution in [1.29, 1.82) is 5.26 Å². The van der Waals surface area contributed by atoms with Crippen LogP contribution in [0.2, 0.25) is 0 Å². The van der Waals surface area contributed by atoms with Crippen LogP contribution in [-0.4, -0.2) is 72.2 Å². The van der Waals surface area contributed by atoms with Crippen molar-refractivity contribution in [3.05, 3.63) is 0 Å². The molecule has 0 aromatic rings. The highest BCUT2D eigenvalue weighted by atomic mass is 16.5. The fourth-order valence-corrected chi connectivity index (χ4v) is 4.74. The summed E-state index contributed by atoms with van der Waals surface area (Å²) in [5.41, 5.74) is -0.124. The Morgan fingerprint density at radius 2 is 2.04 bits per heavy atom. The van der Waals surface area contributed by atoms with Crippen LogP contribution in [0.15, 0.2) is 0 Å². The minimum absolute atomic E-state index is 0.124. The van der Waals surface area contributed by atoms with E-state index in [-0.39, 0.29) is 17.6 Å². The number of hydrogen-bond donors (Lipinski definition) is 1. The third kappa shape index (κ3) is 3.42. The molecule has 4 rings (SSSR count). The van der Waals surface area contributed by atoms with Gasteiger partial charge in [0.2, 0.25) is 0 Å². The number of nitriles is 1. The molecule has 1 aliphatic carbocycles. The topological polar surface area (TPSA) is 68.6 Å². The van der Waals surface area contributed by atoms with Crippen LogP contribution in [0, 0.1) is 17.2 Å². The van der Waals surface area contributed by atoms with Crippen molar-refractivity contribution in [2.45, 2.75) is 69.2 Å². The predicted molar refractivity (Wildman–Crippen MR) is 93.8 cm³/mol. The van der Waals surface area contributed by atoms with Crippen molar-refractivity contribution >= 4 is 5.91 Å². The van der Waals surface area contributed by atoms with Crippen LogP contribution < -0.4 is 5.32 Å². The number of rotatable bonds is 5. The van der Waals surface area contributed by atoms with Crippen LogP contribution in [0.1, 0.15) is 45.4 Å². The summed E-state index contributed by atoms with van der Waals surface area (Å²) in [7, 11) is 0. The fraction of sp³-hybridized carbons (Fsp3) is 0.895. The summed E-state index contributed by atoms with van der Waals surface area (Å²) in [6, 6.07) is 3.72. The van der Waals surface area contributed by atoms with Crippen molar-refractivity contribution < 1.29 is 9.53 Å². The lowest BCUT2D eigenvalue weighted by Crippen LogP contribution is -2.73. The highest BCUT2D eigenvalue weighted by Gasteiger charge is 2.51. The first-order chi connectivity index (χ1) is 12.1. The maximum Gasteiger partial charge on any atom is 0.251 e. The van der Waals surface area contributed by atoms with Crippen LogP contribution in [0.25, 0.3) is 0 Å². The van der Waals surface area contributed by atoms with Gasteiger partial charge >= 0.3 is 0 Å². The third-order valence-corrected chi connectivity index (χ3v) is 6.62. The Morgan fingerprint density at radius 1 is 1.32 bits per heavy atom. The van der Waals surface area contributed by atoms with Gasteiger partial charge in [0.25, 0.3) is 5.91 Å². The van der Waals surface area contributed by atoms with E-state index in [0.29, 0.717) is 32.2 Å². The van der Waals surface area contributed by atoms with Crippen LogP contribution in [0.5, 0.6) is 0 Å². The van der Waals surface area contributed by atoms with Crippen molar-refractivity contribution in [3.8, 4) is 6.07 Å². The van der Waals surface area contributed by atoms with Crippen molar-refractivity contribution in [2.75, 3.05) is 32.8 Å². The first-order valence-corrected chi connectivity index (χ1v) is 9.90. The SMILES string of the molecule is C[C@@H]1C[C@H]1NC1CCN(C2(CC#N)CN(C(=O)[C@H]3CCCO3)C2)CC1. The molecule has 3 saturated heterocycles. The van der Waals surface area contributed by atoms with Gasteiger partial charge in [0, 0.05) is 44.9 Å². The summed E-state index contributed by atoms with van der Waals surface area (Å²) >= 11 is 0. The standard InChI is InChI=1S/C19H30N4O2/c1-14-11-16(14)21-15-4-8-23(9-5-15)19(6-7-20)12-22(13-19)18(24)17-3-2-10-25-17/h14-17,21H,2-6,8-13H2,1H3/t14-,16-,17-/m1/s1. The van der Waals surface area contributed by atoms with Crippen LogP contribution >= 0.6 is 0 Å². The second kappa shape index (κ2) is 6.86. The van der Waals surface area contributed by atoms with E-state index in [0.717, 1.165) is 50.7 Å². The molecule has 0 aromatic heterocycles. The Kier molecular flexibility index (Phi) is 4.74. The number of likely N-dealkylation sites (tertiary alicyclic amines) is 2.